The zero-order chi connectivity index (χ0) is 15.6. The Morgan fingerprint density at radius 1 is 1.10 bits per heavy atom. The number of alkyl halides is 3. The van der Waals surface area contributed by atoms with Crippen molar-refractivity contribution >= 4 is 27.5 Å². The molecule has 0 unspecified atom stereocenters. The quantitative estimate of drug-likeness (QED) is 0.802. The minimum absolute atomic E-state index is 0.310. The van der Waals surface area contributed by atoms with Gasteiger partial charge in [0.15, 0.2) is 0 Å². The summed E-state index contributed by atoms with van der Waals surface area (Å²) >= 11 is 3.33. The average Bonchev–Trinajstić information content (AvgIpc) is 2.41. The molecule has 0 aromatic heterocycles. The lowest BCUT2D eigenvalue weighted by Crippen LogP contribution is -2.12. The number of halogens is 4. The zero-order valence-electron chi connectivity index (χ0n) is 11.0. The van der Waals surface area contributed by atoms with E-state index in [1.165, 1.54) is 12.1 Å². The fourth-order valence-electron chi connectivity index (χ4n) is 1.68. The van der Waals surface area contributed by atoms with Gasteiger partial charge in [0.2, 0.25) is 0 Å². The summed E-state index contributed by atoms with van der Waals surface area (Å²) in [7, 11) is 0. The van der Waals surface area contributed by atoms with Crippen LogP contribution in [0.5, 0.6) is 0 Å². The van der Waals surface area contributed by atoms with E-state index in [4.69, 9.17) is 0 Å². The van der Waals surface area contributed by atoms with Crippen LogP contribution >= 0.6 is 15.9 Å². The first-order chi connectivity index (χ1) is 9.77. The van der Waals surface area contributed by atoms with Crippen molar-refractivity contribution in [2.45, 2.75) is 13.1 Å². The molecule has 110 valence electrons. The maximum atomic E-state index is 12.4. The van der Waals surface area contributed by atoms with E-state index in [2.05, 4.69) is 21.2 Å². The number of carbonyl (C=O) groups is 1. The summed E-state index contributed by atoms with van der Waals surface area (Å²) in [4.78, 5) is 12.0. The van der Waals surface area contributed by atoms with E-state index in [1.807, 2.05) is 6.92 Å². The number of anilines is 1. The van der Waals surface area contributed by atoms with E-state index in [-0.39, 0.29) is 5.91 Å². The van der Waals surface area contributed by atoms with Crippen molar-refractivity contribution < 1.29 is 18.0 Å². The Morgan fingerprint density at radius 2 is 1.71 bits per heavy atom. The van der Waals surface area contributed by atoms with Gasteiger partial charge in [-0.1, -0.05) is 22.0 Å². The van der Waals surface area contributed by atoms with Crippen molar-refractivity contribution in [3.63, 3.8) is 0 Å². The fourth-order valence-corrected chi connectivity index (χ4v) is 2.06. The van der Waals surface area contributed by atoms with Crippen LogP contribution in [0.1, 0.15) is 21.5 Å². The van der Waals surface area contributed by atoms with E-state index in [1.54, 1.807) is 18.2 Å². The normalized spacial score (nSPS) is 11.3. The first-order valence-corrected chi connectivity index (χ1v) is 6.81. The monoisotopic (exact) mass is 357 g/mol. The molecule has 2 aromatic rings. The van der Waals surface area contributed by atoms with Crippen LogP contribution in [0.3, 0.4) is 0 Å². The summed E-state index contributed by atoms with van der Waals surface area (Å²) in [6, 6.07) is 9.41. The first-order valence-electron chi connectivity index (χ1n) is 6.02. The Bertz CT molecular complexity index is 666. The molecule has 0 aliphatic heterocycles. The van der Waals surface area contributed by atoms with Gasteiger partial charge in [-0.15, -0.1) is 0 Å². The molecule has 0 saturated carbocycles. The number of rotatable bonds is 2. The SMILES string of the molecule is Cc1ccc(C(=O)Nc2ccc(C(F)(F)F)cc2)cc1Br. The minimum atomic E-state index is -4.38. The van der Waals surface area contributed by atoms with Gasteiger partial charge in [-0.3, -0.25) is 4.79 Å². The van der Waals surface area contributed by atoms with Gasteiger partial charge in [0.1, 0.15) is 0 Å². The number of hydrogen-bond donors (Lipinski definition) is 1. The molecule has 2 rings (SSSR count). The molecule has 6 heteroatoms. The molecule has 0 fully saturated rings. The van der Waals surface area contributed by atoms with Crippen molar-refractivity contribution in [1.82, 2.24) is 0 Å². The van der Waals surface area contributed by atoms with Crippen LogP contribution in [-0.4, -0.2) is 5.91 Å². The van der Waals surface area contributed by atoms with Crippen LogP contribution < -0.4 is 5.32 Å². The third-order valence-corrected chi connectivity index (χ3v) is 3.76. The van der Waals surface area contributed by atoms with Gasteiger partial charge in [0.05, 0.1) is 5.56 Å². The van der Waals surface area contributed by atoms with Gasteiger partial charge in [-0.25, -0.2) is 0 Å². The molecule has 0 spiro atoms. The van der Waals surface area contributed by atoms with E-state index in [9.17, 15) is 18.0 Å². The third kappa shape index (κ3) is 3.85. The van der Waals surface area contributed by atoms with Crippen molar-refractivity contribution in [1.29, 1.82) is 0 Å². The van der Waals surface area contributed by atoms with Crippen LogP contribution in [0.2, 0.25) is 0 Å². The highest BCUT2D eigenvalue weighted by molar-refractivity contribution is 9.10. The van der Waals surface area contributed by atoms with Gasteiger partial charge >= 0.3 is 6.18 Å². The molecule has 1 amide bonds. The van der Waals surface area contributed by atoms with Gasteiger partial charge in [-0.05, 0) is 48.9 Å². The van der Waals surface area contributed by atoms with E-state index in [0.717, 1.165) is 22.2 Å². The number of nitrogens with one attached hydrogen (secondary N) is 1. The topological polar surface area (TPSA) is 29.1 Å². The second kappa shape index (κ2) is 5.89. The Hall–Kier alpha value is -1.82. The van der Waals surface area contributed by atoms with Gasteiger partial charge in [0.25, 0.3) is 5.91 Å². The summed E-state index contributed by atoms with van der Waals surface area (Å²) in [5, 5.41) is 2.56. The predicted octanol–water partition coefficient (Wildman–Crippen LogP) is 5.03. The van der Waals surface area contributed by atoms with E-state index < -0.39 is 11.7 Å². The Kier molecular flexibility index (Phi) is 4.37. The summed E-state index contributed by atoms with van der Waals surface area (Å²) < 4.78 is 38.1. The second-order valence-corrected chi connectivity index (χ2v) is 5.35. The van der Waals surface area contributed by atoms with Gasteiger partial charge in [-0.2, -0.15) is 13.2 Å². The molecule has 0 aliphatic carbocycles. The molecule has 0 bridgehead atoms. The molecule has 2 nitrogen and oxygen atoms in total. The van der Waals surface area contributed by atoms with Gasteiger partial charge in [0, 0.05) is 15.7 Å². The molecule has 2 aromatic carbocycles. The highest BCUT2D eigenvalue weighted by Gasteiger charge is 2.29. The minimum Gasteiger partial charge on any atom is -0.322 e. The van der Waals surface area contributed by atoms with Crippen LogP contribution in [0, 0.1) is 6.92 Å². The molecule has 0 heterocycles. The first kappa shape index (κ1) is 15.6. The molecule has 21 heavy (non-hydrogen) atoms. The number of benzene rings is 2. The summed E-state index contributed by atoms with van der Waals surface area (Å²) in [6.07, 6.45) is -4.38. The molecular weight excluding hydrogens is 347 g/mol. The summed E-state index contributed by atoms with van der Waals surface area (Å²) in [5.74, 6) is -0.379. The van der Waals surface area contributed by atoms with Crippen LogP contribution in [0.4, 0.5) is 18.9 Å². The van der Waals surface area contributed by atoms with E-state index in [0.29, 0.717) is 11.3 Å². The molecule has 0 aliphatic rings. The second-order valence-electron chi connectivity index (χ2n) is 4.49. The van der Waals surface area contributed by atoms with Gasteiger partial charge < -0.3 is 5.32 Å². The number of amides is 1. The van der Waals surface area contributed by atoms with Crippen LogP contribution in [-0.2, 0) is 6.18 Å². The molecule has 1 N–H and O–H groups in total. The lowest BCUT2D eigenvalue weighted by Gasteiger charge is -2.09. The Labute approximate surface area is 128 Å². The number of hydrogen-bond acceptors (Lipinski definition) is 1. The molecule has 0 saturated heterocycles. The van der Waals surface area contributed by atoms with Crippen LogP contribution in [0.15, 0.2) is 46.9 Å². The third-order valence-electron chi connectivity index (χ3n) is 2.90. The van der Waals surface area contributed by atoms with Crippen molar-refractivity contribution in [2.75, 3.05) is 5.32 Å². The van der Waals surface area contributed by atoms with Crippen molar-refractivity contribution in [3.05, 3.63) is 63.6 Å². The van der Waals surface area contributed by atoms with Crippen molar-refractivity contribution in [3.8, 4) is 0 Å². The number of aryl methyl sites for hydroxylation is 1. The maximum absolute atomic E-state index is 12.4. The Morgan fingerprint density at radius 3 is 2.24 bits per heavy atom. The summed E-state index contributed by atoms with van der Waals surface area (Å²) in [6.45, 7) is 1.89. The van der Waals surface area contributed by atoms with E-state index >= 15 is 0 Å². The molecular formula is C15H11BrF3NO. The predicted molar refractivity (Wildman–Crippen MR) is 78.3 cm³/mol. The zero-order valence-corrected chi connectivity index (χ0v) is 12.5. The fraction of sp³-hybridized carbons (Fsp3) is 0.133. The standard InChI is InChI=1S/C15H11BrF3NO/c1-9-2-3-10(8-13(9)16)14(21)20-12-6-4-11(5-7-12)15(17,18)19/h2-8H,1H3,(H,20,21). The summed E-state index contributed by atoms with van der Waals surface area (Å²) in [5.41, 5.74) is 0.969. The molecule has 0 radical (unpaired) electrons. The lowest BCUT2D eigenvalue weighted by atomic mass is 10.1. The van der Waals surface area contributed by atoms with Crippen molar-refractivity contribution in [2.24, 2.45) is 0 Å². The molecule has 0 atom stereocenters. The highest BCUT2D eigenvalue weighted by Crippen LogP contribution is 2.30. The smallest absolute Gasteiger partial charge is 0.322 e. The van der Waals surface area contributed by atoms with Crippen LogP contribution in [0.25, 0.3) is 0 Å². The largest absolute Gasteiger partial charge is 0.416 e. The number of carbonyl (C=O) groups excluding carboxylic acids is 1. The lowest BCUT2D eigenvalue weighted by molar-refractivity contribution is -0.137. The maximum Gasteiger partial charge on any atom is 0.416 e. The Balaban J connectivity index is 2.14. The highest BCUT2D eigenvalue weighted by atomic mass is 79.9. The average molecular weight is 358 g/mol.